The molecule has 2 rings (SSSR count). The summed E-state index contributed by atoms with van der Waals surface area (Å²) in [5, 5.41) is 6.31. The van der Waals surface area contributed by atoms with Crippen LogP contribution in [0.1, 0.15) is 32.1 Å². The van der Waals surface area contributed by atoms with Crippen molar-refractivity contribution in [3.63, 3.8) is 0 Å². The average Bonchev–Trinajstić information content (AvgIpc) is 2.03. The fraction of sp³-hybridized carbons (Fsp3) is 0.889. The van der Waals surface area contributed by atoms with Crippen LogP contribution in [-0.4, -0.2) is 24.5 Å². The second-order valence-electron chi connectivity index (χ2n) is 4.00. The summed E-state index contributed by atoms with van der Waals surface area (Å²) in [4.78, 5) is 10.1. The Balaban J connectivity index is 0.000000845. The molecule has 0 bridgehead atoms. The van der Waals surface area contributed by atoms with Gasteiger partial charge >= 0.3 is 0 Å². The van der Waals surface area contributed by atoms with E-state index in [2.05, 4.69) is 10.6 Å². The molecule has 1 aliphatic heterocycles. The molecule has 1 unspecified atom stereocenters. The summed E-state index contributed by atoms with van der Waals surface area (Å²) in [6.07, 6.45) is 7.85. The number of hydrogen-bond acceptors (Lipinski definition) is 2. The standard InChI is InChI=1S/C9H15N2O.Y/c12-7-10-8-2-5-11-9(6-8)3-1-4-9;/h8,11H,1-6H2,(H,10,12);/q-1;. The van der Waals surface area contributed by atoms with Crippen molar-refractivity contribution < 1.29 is 37.5 Å². The quantitative estimate of drug-likeness (QED) is 0.551. The van der Waals surface area contributed by atoms with Crippen molar-refractivity contribution in [3.05, 3.63) is 0 Å². The first-order chi connectivity index (χ1) is 5.85. The van der Waals surface area contributed by atoms with E-state index in [9.17, 15) is 4.79 Å². The smallest absolute Gasteiger partial charge is 0.0200 e. The second kappa shape index (κ2) is 4.85. The SMILES string of the molecule is O=[C-]NC1CCNC2(CCC2)C1.[Y]. The zero-order valence-electron chi connectivity index (χ0n) is 7.81. The molecular formula is C9H15N2OY-. The molecule has 1 aliphatic carbocycles. The Labute approximate surface area is 104 Å². The summed E-state index contributed by atoms with van der Waals surface area (Å²) in [5.74, 6) is 0. The first-order valence-electron chi connectivity index (χ1n) is 4.72. The number of amides is 1. The molecule has 2 N–H and O–H groups in total. The van der Waals surface area contributed by atoms with Crippen LogP contribution in [0.3, 0.4) is 0 Å². The van der Waals surface area contributed by atoms with Gasteiger partial charge in [-0.1, -0.05) is 0 Å². The van der Waals surface area contributed by atoms with Gasteiger partial charge in [-0.05, 0) is 38.6 Å². The van der Waals surface area contributed by atoms with Crippen LogP contribution in [0.15, 0.2) is 0 Å². The van der Waals surface area contributed by atoms with Crippen LogP contribution in [-0.2, 0) is 37.5 Å². The topological polar surface area (TPSA) is 41.1 Å². The van der Waals surface area contributed by atoms with E-state index < -0.39 is 0 Å². The van der Waals surface area contributed by atoms with E-state index in [1.54, 1.807) is 6.41 Å². The number of carbonyl (C=O) groups excluding carboxylic acids is 1. The molecule has 1 spiro atoms. The zero-order chi connectivity index (χ0) is 8.44. The van der Waals surface area contributed by atoms with Crippen LogP contribution in [0.5, 0.6) is 0 Å². The minimum absolute atomic E-state index is 0. The van der Waals surface area contributed by atoms with Gasteiger partial charge in [0.2, 0.25) is 0 Å². The van der Waals surface area contributed by atoms with Crippen LogP contribution in [0.2, 0.25) is 0 Å². The number of rotatable bonds is 2. The van der Waals surface area contributed by atoms with Gasteiger partial charge in [-0.2, -0.15) is 6.41 Å². The summed E-state index contributed by atoms with van der Waals surface area (Å²) in [7, 11) is 0. The molecule has 1 radical (unpaired) electrons. The van der Waals surface area contributed by atoms with Gasteiger partial charge < -0.3 is 15.4 Å². The van der Waals surface area contributed by atoms with Crippen molar-refractivity contribution in [2.24, 2.45) is 0 Å². The van der Waals surface area contributed by atoms with Crippen LogP contribution >= 0.6 is 0 Å². The molecule has 1 saturated carbocycles. The van der Waals surface area contributed by atoms with Gasteiger partial charge in [0.05, 0.1) is 0 Å². The number of piperidine rings is 1. The summed E-state index contributed by atoms with van der Waals surface area (Å²) in [6, 6.07) is 0.365. The summed E-state index contributed by atoms with van der Waals surface area (Å²) >= 11 is 0. The Morgan fingerprint density at radius 1 is 1.46 bits per heavy atom. The predicted octanol–water partition coefficient (Wildman–Crippen LogP) is 0.315. The van der Waals surface area contributed by atoms with Crippen molar-refractivity contribution in [2.75, 3.05) is 6.54 Å². The van der Waals surface area contributed by atoms with Crippen molar-refractivity contribution in [3.8, 4) is 0 Å². The zero-order valence-corrected chi connectivity index (χ0v) is 10.6. The molecule has 0 aromatic rings. The molecule has 2 aliphatic rings. The third-order valence-electron chi connectivity index (χ3n) is 3.20. The molecule has 1 saturated heterocycles. The van der Waals surface area contributed by atoms with Crippen molar-refractivity contribution in [2.45, 2.75) is 43.7 Å². The van der Waals surface area contributed by atoms with E-state index in [0.717, 1.165) is 19.4 Å². The Kier molecular flexibility index (Phi) is 4.33. The second-order valence-corrected chi connectivity index (χ2v) is 4.00. The van der Waals surface area contributed by atoms with Gasteiger partial charge in [0.25, 0.3) is 0 Å². The Morgan fingerprint density at radius 2 is 2.23 bits per heavy atom. The fourth-order valence-electron chi connectivity index (χ4n) is 2.35. The van der Waals surface area contributed by atoms with Gasteiger partial charge in [0.15, 0.2) is 0 Å². The van der Waals surface area contributed by atoms with E-state index in [0.29, 0.717) is 11.6 Å². The van der Waals surface area contributed by atoms with Gasteiger partial charge in [-0.25, -0.2) is 0 Å². The maximum atomic E-state index is 10.1. The molecule has 4 heteroatoms. The molecular weight excluding hydrogens is 241 g/mol. The largest absolute Gasteiger partial charge is 0.527 e. The third kappa shape index (κ3) is 2.51. The van der Waals surface area contributed by atoms with Gasteiger partial charge in [-0.3, -0.25) is 0 Å². The first kappa shape index (κ1) is 11.6. The van der Waals surface area contributed by atoms with Gasteiger partial charge in [-0.15, -0.1) is 0 Å². The van der Waals surface area contributed by atoms with Crippen LogP contribution in [0, 0.1) is 0 Å². The maximum Gasteiger partial charge on any atom is 0.0200 e. The maximum absolute atomic E-state index is 10.1. The number of nitrogens with one attached hydrogen (secondary N) is 2. The Morgan fingerprint density at radius 3 is 2.77 bits per heavy atom. The molecule has 71 valence electrons. The minimum atomic E-state index is 0. The summed E-state index contributed by atoms with van der Waals surface area (Å²) in [5.41, 5.74) is 0.382. The average molecular weight is 256 g/mol. The first-order valence-corrected chi connectivity index (χ1v) is 4.72. The van der Waals surface area contributed by atoms with E-state index in [1.165, 1.54) is 19.3 Å². The molecule has 1 heterocycles. The van der Waals surface area contributed by atoms with E-state index in [-0.39, 0.29) is 32.7 Å². The molecule has 0 aromatic heterocycles. The van der Waals surface area contributed by atoms with Gasteiger partial charge in [0.1, 0.15) is 0 Å². The molecule has 1 atom stereocenters. The summed E-state index contributed by atoms with van der Waals surface area (Å²) < 4.78 is 0. The van der Waals surface area contributed by atoms with E-state index in [4.69, 9.17) is 0 Å². The molecule has 13 heavy (non-hydrogen) atoms. The van der Waals surface area contributed by atoms with Gasteiger partial charge in [0, 0.05) is 44.3 Å². The molecule has 0 aromatic carbocycles. The number of hydrogen-bond donors (Lipinski definition) is 2. The van der Waals surface area contributed by atoms with Crippen molar-refractivity contribution >= 4 is 6.41 Å². The van der Waals surface area contributed by atoms with E-state index in [1.807, 2.05) is 0 Å². The monoisotopic (exact) mass is 256 g/mol. The van der Waals surface area contributed by atoms with Crippen molar-refractivity contribution in [1.29, 1.82) is 0 Å². The normalized spacial score (nSPS) is 30.0. The molecule has 2 fully saturated rings. The van der Waals surface area contributed by atoms with Crippen LogP contribution < -0.4 is 10.6 Å². The van der Waals surface area contributed by atoms with Crippen molar-refractivity contribution in [1.82, 2.24) is 10.6 Å². The Bertz CT molecular complexity index is 182. The molecule has 1 amide bonds. The minimum Gasteiger partial charge on any atom is -0.527 e. The third-order valence-corrected chi connectivity index (χ3v) is 3.20. The van der Waals surface area contributed by atoms with Crippen LogP contribution in [0.25, 0.3) is 0 Å². The van der Waals surface area contributed by atoms with Crippen LogP contribution in [0.4, 0.5) is 0 Å². The summed E-state index contributed by atoms with van der Waals surface area (Å²) in [6.45, 7) is 1.04. The fourth-order valence-corrected chi connectivity index (χ4v) is 2.35. The predicted molar refractivity (Wildman–Crippen MR) is 46.4 cm³/mol. The van der Waals surface area contributed by atoms with E-state index >= 15 is 0 Å². The molecule has 3 nitrogen and oxygen atoms in total. The Hall–Kier alpha value is 0.534.